The summed E-state index contributed by atoms with van der Waals surface area (Å²) in [7, 11) is 3.30. The summed E-state index contributed by atoms with van der Waals surface area (Å²) in [6.07, 6.45) is 0.667. The van der Waals surface area contributed by atoms with Crippen LogP contribution in [0.3, 0.4) is 0 Å². The number of carbonyl (C=O) groups excluding carboxylic acids is 1. The third-order valence-corrected chi connectivity index (χ3v) is 1.02. The Labute approximate surface area is 67.6 Å². The van der Waals surface area contributed by atoms with E-state index in [1.165, 1.54) is 0 Å². The van der Waals surface area contributed by atoms with Crippen molar-refractivity contribution in [1.29, 1.82) is 0 Å². The number of hydrogen-bond acceptors (Lipinski definition) is 4. The van der Waals surface area contributed by atoms with Crippen LogP contribution < -0.4 is 5.32 Å². The molecule has 0 aliphatic carbocycles. The number of ether oxygens (including phenoxy) is 1. The minimum absolute atomic E-state index is 0.125. The second kappa shape index (κ2) is 12.2. The van der Waals surface area contributed by atoms with Crippen molar-refractivity contribution >= 4 is 6.29 Å². The van der Waals surface area contributed by atoms with E-state index in [1.54, 1.807) is 14.2 Å². The van der Waals surface area contributed by atoms with E-state index in [0.29, 0.717) is 6.29 Å². The Morgan fingerprint density at radius 1 is 1.73 bits per heavy atom. The lowest BCUT2D eigenvalue weighted by atomic mass is 10.4. The molecule has 1 atom stereocenters. The highest BCUT2D eigenvalue weighted by molar-refractivity contribution is 5.57. The van der Waals surface area contributed by atoms with Crippen LogP contribution in [0.4, 0.5) is 0 Å². The van der Waals surface area contributed by atoms with Gasteiger partial charge in [0, 0.05) is 13.7 Å². The van der Waals surface area contributed by atoms with Gasteiger partial charge in [-0.25, -0.2) is 0 Å². The van der Waals surface area contributed by atoms with Crippen molar-refractivity contribution in [3.63, 3.8) is 0 Å². The Kier molecular flexibility index (Phi) is 14.7. The zero-order valence-corrected chi connectivity index (χ0v) is 7.33. The molecule has 4 heteroatoms. The molecule has 0 saturated carbocycles. The van der Waals surface area contributed by atoms with Gasteiger partial charge in [0.2, 0.25) is 0 Å². The highest BCUT2D eigenvalue weighted by Gasteiger charge is 1.96. The summed E-state index contributed by atoms with van der Waals surface area (Å²) in [5.74, 6) is 0. The fourth-order valence-electron chi connectivity index (χ4n) is 0.202. The lowest BCUT2D eigenvalue weighted by molar-refractivity contribution is -0.110. The van der Waals surface area contributed by atoms with E-state index in [1.807, 2.05) is 6.92 Å². The lowest BCUT2D eigenvalue weighted by Gasteiger charge is -2.00. The molecule has 0 aromatic carbocycles. The van der Waals surface area contributed by atoms with E-state index < -0.39 is 0 Å². The molecule has 4 nitrogen and oxygen atoms in total. The fraction of sp³-hybridized carbons (Fsp3) is 0.857. The molecule has 0 aliphatic heterocycles. The van der Waals surface area contributed by atoms with Gasteiger partial charge in [0.05, 0.1) is 12.6 Å². The van der Waals surface area contributed by atoms with Crippen molar-refractivity contribution in [3.8, 4) is 0 Å². The predicted octanol–water partition coefficient (Wildman–Crippen LogP) is -0.582. The monoisotopic (exact) mass is 163 g/mol. The molecule has 1 unspecified atom stereocenters. The number of carbonyl (C=O) groups is 1. The second-order valence-corrected chi connectivity index (χ2v) is 1.79. The molecule has 0 amide bonds. The number of likely N-dealkylation sites (N-methyl/N-ethyl adjacent to an activating group) is 1. The average Bonchev–Trinajstić information content (AvgIpc) is 2.08. The van der Waals surface area contributed by atoms with E-state index >= 15 is 0 Å². The Balaban J connectivity index is 0. The van der Waals surface area contributed by atoms with Crippen molar-refractivity contribution in [2.24, 2.45) is 0 Å². The highest BCUT2D eigenvalue weighted by Crippen LogP contribution is 1.67. The molecule has 2 N–H and O–H groups in total. The Morgan fingerprint density at radius 2 is 2.18 bits per heavy atom. The van der Waals surface area contributed by atoms with E-state index in [0.717, 1.165) is 6.61 Å². The Hall–Kier alpha value is -0.450. The standard InChI is InChI=1S/C4H9NO2.C3H8O/c1-5-4(2-6)3-7;1-3-4-2/h2,4-5,7H,3H2,1H3;3H2,1-2H3. The van der Waals surface area contributed by atoms with Crippen molar-refractivity contribution in [1.82, 2.24) is 5.32 Å². The molecule has 0 aromatic heterocycles. The van der Waals surface area contributed by atoms with Crippen LogP contribution in [0.5, 0.6) is 0 Å². The molecule has 68 valence electrons. The van der Waals surface area contributed by atoms with E-state index in [-0.39, 0.29) is 12.6 Å². The molecule has 0 fully saturated rings. The number of rotatable bonds is 4. The van der Waals surface area contributed by atoms with Crippen LogP contribution in [0.25, 0.3) is 0 Å². The third kappa shape index (κ3) is 12.7. The van der Waals surface area contributed by atoms with Crippen LogP contribution in [0.2, 0.25) is 0 Å². The molecule has 0 aliphatic rings. The summed E-state index contributed by atoms with van der Waals surface area (Å²) >= 11 is 0. The number of nitrogens with one attached hydrogen (secondary N) is 1. The van der Waals surface area contributed by atoms with E-state index in [4.69, 9.17) is 5.11 Å². The smallest absolute Gasteiger partial charge is 0.139 e. The zero-order chi connectivity index (χ0) is 9.11. The van der Waals surface area contributed by atoms with Gasteiger partial charge in [0.1, 0.15) is 6.29 Å². The summed E-state index contributed by atoms with van der Waals surface area (Å²) in [5, 5.41) is 10.8. The van der Waals surface area contributed by atoms with Gasteiger partial charge in [-0.3, -0.25) is 0 Å². The summed E-state index contributed by atoms with van der Waals surface area (Å²) in [6.45, 7) is 2.65. The van der Waals surface area contributed by atoms with Crippen molar-refractivity contribution in [3.05, 3.63) is 0 Å². The third-order valence-electron chi connectivity index (χ3n) is 1.02. The van der Waals surface area contributed by atoms with E-state index in [2.05, 4.69) is 10.1 Å². The normalized spacial score (nSPS) is 11.3. The number of aliphatic hydroxyl groups excluding tert-OH is 1. The number of aldehydes is 1. The first-order valence-electron chi connectivity index (χ1n) is 3.49. The maximum atomic E-state index is 9.74. The molecular formula is C7H17NO3. The predicted molar refractivity (Wildman–Crippen MR) is 43.5 cm³/mol. The highest BCUT2D eigenvalue weighted by atomic mass is 16.5. The summed E-state index contributed by atoms with van der Waals surface area (Å²) in [5.41, 5.74) is 0. The van der Waals surface area contributed by atoms with E-state index in [9.17, 15) is 4.79 Å². The van der Waals surface area contributed by atoms with Crippen LogP contribution in [0.1, 0.15) is 6.92 Å². The van der Waals surface area contributed by atoms with Crippen molar-refractivity contribution < 1.29 is 14.6 Å². The van der Waals surface area contributed by atoms with Crippen LogP contribution in [0.15, 0.2) is 0 Å². The summed E-state index contributed by atoms with van der Waals surface area (Å²) in [4.78, 5) is 9.74. The lowest BCUT2D eigenvalue weighted by Crippen LogP contribution is -2.29. The molecule has 0 heterocycles. The number of aliphatic hydroxyl groups is 1. The summed E-state index contributed by atoms with van der Waals surface area (Å²) < 4.78 is 4.54. The fourth-order valence-corrected chi connectivity index (χ4v) is 0.202. The van der Waals surface area contributed by atoms with Gasteiger partial charge in [-0.2, -0.15) is 0 Å². The molecule has 0 radical (unpaired) electrons. The maximum Gasteiger partial charge on any atom is 0.139 e. The summed E-state index contributed by atoms with van der Waals surface area (Å²) in [6, 6.07) is -0.389. The van der Waals surface area contributed by atoms with Gasteiger partial charge in [-0.05, 0) is 14.0 Å². The van der Waals surface area contributed by atoms with Gasteiger partial charge in [-0.15, -0.1) is 0 Å². The first kappa shape index (κ1) is 13.2. The average molecular weight is 163 g/mol. The van der Waals surface area contributed by atoms with Gasteiger partial charge >= 0.3 is 0 Å². The quantitative estimate of drug-likeness (QED) is 0.544. The van der Waals surface area contributed by atoms with Crippen LogP contribution in [-0.4, -0.2) is 44.8 Å². The molecule has 11 heavy (non-hydrogen) atoms. The van der Waals surface area contributed by atoms with Crippen LogP contribution >= 0.6 is 0 Å². The van der Waals surface area contributed by atoms with Gasteiger partial charge < -0.3 is 20.0 Å². The second-order valence-electron chi connectivity index (χ2n) is 1.79. The van der Waals surface area contributed by atoms with Gasteiger partial charge in [0.25, 0.3) is 0 Å². The van der Waals surface area contributed by atoms with Crippen molar-refractivity contribution in [2.75, 3.05) is 27.4 Å². The minimum Gasteiger partial charge on any atom is -0.394 e. The Morgan fingerprint density at radius 3 is 2.18 bits per heavy atom. The first-order chi connectivity index (χ1) is 5.26. The topological polar surface area (TPSA) is 58.6 Å². The van der Waals surface area contributed by atoms with Gasteiger partial charge in [0.15, 0.2) is 0 Å². The number of hydrogen-bond donors (Lipinski definition) is 2. The maximum absolute atomic E-state index is 9.74. The Bertz CT molecular complexity index is 72.1. The molecular weight excluding hydrogens is 146 g/mol. The van der Waals surface area contributed by atoms with Crippen molar-refractivity contribution in [2.45, 2.75) is 13.0 Å². The minimum atomic E-state index is -0.389. The largest absolute Gasteiger partial charge is 0.394 e. The number of methoxy groups -OCH3 is 1. The van der Waals surface area contributed by atoms with Crippen LogP contribution in [-0.2, 0) is 9.53 Å². The van der Waals surface area contributed by atoms with Crippen LogP contribution in [0, 0.1) is 0 Å². The zero-order valence-electron chi connectivity index (χ0n) is 7.33. The molecule has 0 aromatic rings. The molecule has 0 saturated heterocycles. The SMILES string of the molecule is CCOC.CNC(C=O)CO. The molecule has 0 spiro atoms. The molecule has 0 rings (SSSR count). The molecule has 0 bridgehead atoms. The first-order valence-corrected chi connectivity index (χ1v) is 3.49. The van der Waals surface area contributed by atoms with Gasteiger partial charge in [-0.1, -0.05) is 0 Å².